The molecule has 18 heavy (non-hydrogen) atoms. The number of alkyl halides is 1. The van der Waals surface area contributed by atoms with Crippen molar-refractivity contribution in [2.24, 2.45) is 17.8 Å². The minimum Gasteiger partial charge on any atom is -0.207 e. The summed E-state index contributed by atoms with van der Waals surface area (Å²) in [6.45, 7) is 0. The second-order valence-corrected chi connectivity index (χ2v) is 6.94. The van der Waals surface area contributed by atoms with E-state index < -0.39 is 11.6 Å². The van der Waals surface area contributed by atoms with Crippen LogP contribution >= 0.6 is 15.9 Å². The lowest BCUT2D eigenvalue weighted by Crippen LogP contribution is -2.23. The third kappa shape index (κ3) is 2.22. The summed E-state index contributed by atoms with van der Waals surface area (Å²) in [6, 6.07) is 4.12. The zero-order valence-corrected chi connectivity index (χ0v) is 11.8. The van der Waals surface area contributed by atoms with Gasteiger partial charge in [0, 0.05) is 10.4 Å². The first-order valence-electron chi connectivity index (χ1n) is 6.72. The van der Waals surface area contributed by atoms with Crippen molar-refractivity contribution >= 4 is 15.9 Å². The molecular weight excluding hydrogens is 298 g/mol. The van der Waals surface area contributed by atoms with Crippen LogP contribution in [-0.2, 0) is 6.42 Å². The van der Waals surface area contributed by atoms with Crippen molar-refractivity contribution in [2.75, 3.05) is 0 Å². The van der Waals surface area contributed by atoms with Gasteiger partial charge in [-0.05, 0) is 55.6 Å². The van der Waals surface area contributed by atoms with E-state index in [-0.39, 0.29) is 10.4 Å². The highest BCUT2D eigenvalue weighted by Gasteiger charge is 2.42. The SMILES string of the molecule is Fc1cccc(F)c1CC(Br)C1CC2CCC1C2. The maximum Gasteiger partial charge on any atom is 0.129 e. The molecule has 3 rings (SSSR count). The van der Waals surface area contributed by atoms with E-state index in [1.165, 1.54) is 43.9 Å². The van der Waals surface area contributed by atoms with Crippen LogP contribution in [-0.4, -0.2) is 4.83 Å². The minimum atomic E-state index is -0.414. The Balaban J connectivity index is 1.73. The highest BCUT2D eigenvalue weighted by atomic mass is 79.9. The molecule has 2 saturated carbocycles. The summed E-state index contributed by atoms with van der Waals surface area (Å²) in [5.74, 6) is 1.41. The first kappa shape index (κ1) is 12.6. The summed E-state index contributed by atoms with van der Waals surface area (Å²) in [6.07, 6.45) is 5.68. The molecule has 0 N–H and O–H groups in total. The van der Waals surface area contributed by atoms with E-state index in [2.05, 4.69) is 15.9 Å². The molecule has 0 nitrogen and oxygen atoms in total. The van der Waals surface area contributed by atoms with Crippen LogP contribution in [0.4, 0.5) is 8.78 Å². The van der Waals surface area contributed by atoms with Gasteiger partial charge in [0.1, 0.15) is 11.6 Å². The fourth-order valence-electron chi connectivity index (χ4n) is 3.81. The van der Waals surface area contributed by atoms with E-state index >= 15 is 0 Å². The average molecular weight is 315 g/mol. The normalized spacial score (nSPS) is 31.8. The standard InChI is InChI=1S/C15H17BrF2/c16-13(11-7-9-4-5-10(11)6-9)8-12-14(17)2-1-3-15(12)18/h1-3,9-11,13H,4-8H2. The molecule has 0 heterocycles. The summed E-state index contributed by atoms with van der Waals surface area (Å²) in [7, 11) is 0. The molecular formula is C15H17BrF2. The van der Waals surface area contributed by atoms with Crippen LogP contribution in [0.15, 0.2) is 18.2 Å². The highest BCUT2D eigenvalue weighted by Crippen LogP contribution is 2.51. The van der Waals surface area contributed by atoms with Crippen LogP contribution in [0.5, 0.6) is 0 Å². The molecule has 0 saturated heterocycles. The Labute approximate surface area is 115 Å². The van der Waals surface area contributed by atoms with Gasteiger partial charge in [-0.3, -0.25) is 0 Å². The van der Waals surface area contributed by atoms with Crippen molar-refractivity contribution in [2.45, 2.75) is 36.9 Å². The van der Waals surface area contributed by atoms with E-state index in [1.54, 1.807) is 0 Å². The number of rotatable bonds is 3. The third-order valence-corrected chi connectivity index (χ3v) is 5.72. The van der Waals surface area contributed by atoms with Crippen molar-refractivity contribution in [3.05, 3.63) is 35.4 Å². The third-order valence-electron chi connectivity index (χ3n) is 4.72. The van der Waals surface area contributed by atoms with Crippen LogP contribution in [0.2, 0.25) is 0 Å². The van der Waals surface area contributed by atoms with Gasteiger partial charge in [0.2, 0.25) is 0 Å². The van der Waals surface area contributed by atoms with E-state index in [4.69, 9.17) is 0 Å². The summed E-state index contributed by atoms with van der Waals surface area (Å²) in [5, 5.41) is 0. The van der Waals surface area contributed by atoms with Gasteiger partial charge in [-0.15, -0.1) is 0 Å². The second-order valence-electron chi connectivity index (χ2n) is 5.76. The van der Waals surface area contributed by atoms with Crippen molar-refractivity contribution in [1.29, 1.82) is 0 Å². The molecule has 2 aliphatic rings. The Kier molecular flexibility index (Phi) is 3.44. The van der Waals surface area contributed by atoms with Crippen molar-refractivity contribution in [3.8, 4) is 0 Å². The van der Waals surface area contributed by atoms with Crippen LogP contribution in [0.1, 0.15) is 31.2 Å². The number of benzene rings is 1. The molecule has 1 aromatic rings. The van der Waals surface area contributed by atoms with Gasteiger partial charge in [0.25, 0.3) is 0 Å². The highest BCUT2D eigenvalue weighted by molar-refractivity contribution is 9.09. The van der Waals surface area contributed by atoms with Crippen LogP contribution in [0.3, 0.4) is 0 Å². The van der Waals surface area contributed by atoms with E-state index in [0.717, 1.165) is 11.8 Å². The van der Waals surface area contributed by atoms with E-state index in [1.807, 2.05) is 0 Å². The molecule has 1 aromatic carbocycles. The molecule has 0 aliphatic heterocycles. The lowest BCUT2D eigenvalue weighted by atomic mass is 9.84. The number of halogens is 3. The van der Waals surface area contributed by atoms with Gasteiger partial charge in [-0.1, -0.05) is 28.4 Å². The molecule has 2 aliphatic carbocycles. The van der Waals surface area contributed by atoms with Crippen molar-refractivity contribution < 1.29 is 8.78 Å². The van der Waals surface area contributed by atoms with Crippen LogP contribution in [0, 0.1) is 29.4 Å². The van der Waals surface area contributed by atoms with Gasteiger partial charge < -0.3 is 0 Å². The van der Waals surface area contributed by atoms with Gasteiger partial charge in [-0.2, -0.15) is 0 Å². The topological polar surface area (TPSA) is 0 Å². The Morgan fingerprint density at radius 1 is 1.17 bits per heavy atom. The monoisotopic (exact) mass is 314 g/mol. The minimum absolute atomic E-state index is 0.208. The fourth-order valence-corrected chi connectivity index (χ4v) is 4.78. The zero-order chi connectivity index (χ0) is 12.7. The number of hydrogen-bond acceptors (Lipinski definition) is 0. The maximum atomic E-state index is 13.6. The second kappa shape index (κ2) is 4.92. The first-order chi connectivity index (χ1) is 8.65. The molecule has 0 amide bonds. The zero-order valence-electron chi connectivity index (χ0n) is 10.2. The predicted octanol–water partition coefficient (Wildman–Crippen LogP) is 4.71. The van der Waals surface area contributed by atoms with Gasteiger partial charge in [0.15, 0.2) is 0 Å². The summed E-state index contributed by atoms with van der Waals surface area (Å²) in [4.78, 5) is 0.208. The average Bonchev–Trinajstić information content (AvgIpc) is 2.96. The largest absolute Gasteiger partial charge is 0.207 e. The smallest absolute Gasteiger partial charge is 0.129 e. The molecule has 98 valence electrons. The van der Waals surface area contributed by atoms with Crippen LogP contribution < -0.4 is 0 Å². The molecule has 4 unspecified atom stereocenters. The molecule has 2 bridgehead atoms. The Morgan fingerprint density at radius 2 is 1.89 bits per heavy atom. The van der Waals surface area contributed by atoms with Gasteiger partial charge >= 0.3 is 0 Å². The predicted molar refractivity (Wildman–Crippen MR) is 71.7 cm³/mol. The Bertz CT molecular complexity index is 426. The van der Waals surface area contributed by atoms with Crippen LogP contribution in [0.25, 0.3) is 0 Å². The molecule has 0 aromatic heterocycles. The first-order valence-corrected chi connectivity index (χ1v) is 7.63. The molecule has 0 spiro atoms. The van der Waals surface area contributed by atoms with E-state index in [9.17, 15) is 8.78 Å². The Morgan fingerprint density at radius 3 is 2.44 bits per heavy atom. The lowest BCUT2D eigenvalue weighted by molar-refractivity contribution is 0.323. The number of fused-ring (bicyclic) bond motifs is 2. The summed E-state index contributed by atoms with van der Waals surface area (Å²) in [5.41, 5.74) is 0.238. The summed E-state index contributed by atoms with van der Waals surface area (Å²) < 4.78 is 27.2. The van der Waals surface area contributed by atoms with Gasteiger partial charge in [-0.25, -0.2) is 8.78 Å². The van der Waals surface area contributed by atoms with Gasteiger partial charge in [0.05, 0.1) is 0 Å². The molecule has 0 radical (unpaired) electrons. The number of hydrogen-bond donors (Lipinski definition) is 0. The molecule has 2 fully saturated rings. The van der Waals surface area contributed by atoms with Crippen molar-refractivity contribution in [3.63, 3.8) is 0 Å². The maximum absolute atomic E-state index is 13.6. The molecule has 3 heteroatoms. The summed E-state index contributed by atoms with van der Waals surface area (Å²) >= 11 is 3.68. The van der Waals surface area contributed by atoms with Crippen molar-refractivity contribution in [1.82, 2.24) is 0 Å². The lowest BCUT2D eigenvalue weighted by Gasteiger charge is -2.26. The van der Waals surface area contributed by atoms with E-state index in [0.29, 0.717) is 12.3 Å². The quantitative estimate of drug-likeness (QED) is 0.709. The Hall–Kier alpha value is -0.440. The molecule has 4 atom stereocenters. The fraction of sp³-hybridized carbons (Fsp3) is 0.600.